The van der Waals surface area contributed by atoms with Crippen LogP contribution in [0.2, 0.25) is 0 Å². The minimum absolute atomic E-state index is 0. The Hall–Kier alpha value is -0.850. The van der Waals surface area contributed by atoms with Crippen molar-refractivity contribution in [3.05, 3.63) is 35.9 Å². The molecule has 2 unspecified atom stereocenters. The molecule has 0 radical (unpaired) electrons. The molecule has 130 valence electrons. The summed E-state index contributed by atoms with van der Waals surface area (Å²) in [6, 6.07) is 10.8. The van der Waals surface area contributed by atoms with Crippen molar-refractivity contribution >= 4 is 29.9 Å². The molecule has 0 aliphatic carbocycles. The molecular weight excluding hydrogens is 404 g/mol. The summed E-state index contributed by atoms with van der Waals surface area (Å²) >= 11 is 0. The van der Waals surface area contributed by atoms with Crippen LogP contribution in [-0.4, -0.2) is 43.7 Å². The summed E-state index contributed by atoms with van der Waals surface area (Å²) in [6.45, 7) is 7.51. The lowest BCUT2D eigenvalue weighted by molar-refractivity contribution is 0.234. The number of alkyl halides is 1. The fourth-order valence-corrected chi connectivity index (χ4v) is 3.20. The molecule has 0 saturated carbocycles. The summed E-state index contributed by atoms with van der Waals surface area (Å²) in [5.41, 5.74) is 1.44. The molecule has 1 aromatic rings. The first-order chi connectivity index (χ1) is 10.8. The molecule has 1 aliphatic heterocycles. The van der Waals surface area contributed by atoms with Crippen LogP contribution in [0.25, 0.3) is 0 Å². The van der Waals surface area contributed by atoms with E-state index in [0.717, 1.165) is 32.0 Å². The Balaban J connectivity index is 0.00000264. The fraction of sp³-hybridized carbons (Fsp3) is 0.611. The summed E-state index contributed by atoms with van der Waals surface area (Å²) in [5, 5.41) is 3.34. The fourth-order valence-electron chi connectivity index (χ4n) is 3.20. The number of piperidine rings is 1. The second-order valence-corrected chi connectivity index (χ2v) is 6.01. The second kappa shape index (κ2) is 10.8. The van der Waals surface area contributed by atoms with Gasteiger partial charge in [-0.2, -0.15) is 0 Å². The van der Waals surface area contributed by atoms with Crippen molar-refractivity contribution in [1.82, 2.24) is 10.2 Å². The first-order valence-electron chi connectivity index (χ1n) is 8.40. The van der Waals surface area contributed by atoms with Crippen LogP contribution in [-0.2, 0) is 0 Å². The van der Waals surface area contributed by atoms with Gasteiger partial charge in [-0.3, -0.25) is 9.38 Å². The van der Waals surface area contributed by atoms with Gasteiger partial charge in [0.15, 0.2) is 5.96 Å². The molecule has 0 bridgehead atoms. The molecule has 1 fully saturated rings. The Bertz CT molecular complexity index is 467. The maximum absolute atomic E-state index is 12.3. The van der Waals surface area contributed by atoms with Gasteiger partial charge in [0.05, 0.1) is 6.67 Å². The van der Waals surface area contributed by atoms with Crippen molar-refractivity contribution in [3.63, 3.8) is 0 Å². The number of benzene rings is 1. The van der Waals surface area contributed by atoms with Crippen molar-refractivity contribution in [2.24, 2.45) is 10.9 Å². The summed E-state index contributed by atoms with van der Waals surface area (Å²) < 4.78 is 12.3. The number of halogens is 2. The number of guanidine groups is 1. The molecule has 3 nitrogen and oxygen atoms in total. The minimum atomic E-state index is -0.296. The number of hydrogen-bond acceptors (Lipinski definition) is 1. The third-order valence-corrected chi connectivity index (χ3v) is 4.32. The number of hydrogen-bond donors (Lipinski definition) is 1. The molecule has 0 spiro atoms. The van der Waals surface area contributed by atoms with E-state index in [1.54, 1.807) is 0 Å². The lowest BCUT2D eigenvalue weighted by Gasteiger charge is -2.39. The number of nitrogens with one attached hydrogen (secondary N) is 1. The Kier molecular flexibility index (Phi) is 9.52. The largest absolute Gasteiger partial charge is 0.357 e. The molecule has 1 aliphatic rings. The highest BCUT2D eigenvalue weighted by Crippen LogP contribution is 2.32. The van der Waals surface area contributed by atoms with Crippen LogP contribution in [0.4, 0.5) is 4.39 Å². The Labute approximate surface area is 156 Å². The van der Waals surface area contributed by atoms with Crippen molar-refractivity contribution in [2.45, 2.75) is 32.6 Å². The van der Waals surface area contributed by atoms with Crippen molar-refractivity contribution < 1.29 is 4.39 Å². The van der Waals surface area contributed by atoms with E-state index >= 15 is 0 Å². The lowest BCUT2D eigenvalue weighted by atomic mass is 9.82. The molecule has 5 heteroatoms. The standard InChI is InChI=1S/C18H28FN3.HI/c1-3-20-18(21-12-7-11-19)22-13-10-17(15(2)14-22)16-8-5-4-6-9-16;/h4-6,8-9,15,17H,3,7,10-14H2,1-2H3,(H,20,21);1H. The van der Waals surface area contributed by atoms with Gasteiger partial charge in [0.2, 0.25) is 0 Å². The van der Waals surface area contributed by atoms with Crippen LogP contribution in [0.1, 0.15) is 38.2 Å². The molecule has 1 saturated heterocycles. The highest BCUT2D eigenvalue weighted by molar-refractivity contribution is 14.0. The molecule has 0 amide bonds. The zero-order valence-corrected chi connectivity index (χ0v) is 16.5. The SMILES string of the molecule is CCNC(=NCCCF)N1CCC(c2ccccc2)C(C)C1.I. The van der Waals surface area contributed by atoms with Crippen LogP contribution in [0, 0.1) is 5.92 Å². The highest BCUT2D eigenvalue weighted by atomic mass is 127. The van der Waals surface area contributed by atoms with Gasteiger partial charge in [-0.1, -0.05) is 37.3 Å². The number of rotatable bonds is 5. The Morgan fingerprint density at radius 3 is 2.70 bits per heavy atom. The van der Waals surface area contributed by atoms with Crippen LogP contribution in [0.5, 0.6) is 0 Å². The Morgan fingerprint density at radius 1 is 1.35 bits per heavy atom. The molecule has 0 aromatic heterocycles. The van der Waals surface area contributed by atoms with Crippen molar-refractivity contribution in [1.29, 1.82) is 0 Å². The van der Waals surface area contributed by atoms with Crippen LogP contribution >= 0.6 is 24.0 Å². The quantitative estimate of drug-likeness (QED) is 0.328. The first-order valence-corrected chi connectivity index (χ1v) is 8.40. The molecule has 2 rings (SSSR count). The second-order valence-electron chi connectivity index (χ2n) is 6.01. The molecule has 2 atom stereocenters. The van der Waals surface area contributed by atoms with Crippen LogP contribution in [0.15, 0.2) is 35.3 Å². The first kappa shape index (κ1) is 20.2. The smallest absolute Gasteiger partial charge is 0.193 e. The van der Waals surface area contributed by atoms with Crippen molar-refractivity contribution in [3.8, 4) is 0 Å². The summed E-state index contributed by atoms with van der Waals surface area (Å²) in [7, 11) is 0. The van der Waals surface area contributed by atoms with Crippen molar-refractivity contribution in [2.75, 3.05) is 32.9 Å². The van der Waals surface area contributed by atoms with Gasteiger partial charge in [0, 0.05) is 26.2 Å². The van der Waals surface area contributed by atoms with Crippen LogP contribution < -0.4 is 5.32 Å². The zero-order valence-electron chi connectivity index (χ0n) is 14.2. The molecule has 1 aromatic carbocycles. The van der Waals surface area contributed by atoms with E-state index < -0.39 is 0 Å². The third kappa shape index (κ3) is 5.94. The average Bonchev–Trinajstić information content (AvgIpc) is 2.55. The van der Waals surface area contributed by atoms with E-state index in [1.807, 2.05) is 0 Å². The summed E-state index contributed by atoms with van der Waals surface area (Å²) in [5.74, 6) is 2.14. The Morgan fingerprint density at radius 2 is 2.09 bits per heavy atom. The summed E-state index contributed by atoms with van der Waals surface area (Å²) in [6.07, 6.45) is 1.64. The van der Waals surface area contributed by atoms with Crippen LogP contribution in [0.3, 0.4) is 0 Å². The van der Waals surface area contributed by atoms with E-state index in [0.29, 0.717) is 24.8 Å². The summed E-state index contributed by atoms with van der Waals surface area (Å²) in [4.78, 5) is 6.88. The maximum atomic E-state index is 12.3. The number of likely N-dealkylation sites (tertiary alicyclic amines) is 1. The predicted molar refractivity (Wildman–Crippen MR) is 107 cm³/mol. The van der Waals surface area contributed by atoms with Gasteiger partial charge >= 0.3 is 0 Å². The minimum Gasteiger partial charge on any atom is -0.357 e. The molecular formula is C18H29FIN3. The van der Waals surface area contributed by atoms with E-state index in [2.05, 4.69) is 59.4 Å². The maximum Gasteiger partial charge on any atom is 0.193 e. The van der Waals surface area contributed by atoms with Gasteiger partial charge in [0.25, 0.3) is 0 Å². The van der Waals surface area contributed by atoms with Gasteiger partial charge in [-0.05, 0) is 37.2 Å². The van der Waals surface area contributed by atoms with E-state index in [1.165, 1.54) is 5.56 Å². The number of nitrogens with zero attached hydrogens (tertiary/aromatic N) is 2. The van der Waals surface area contributed by atoms with Gasteiger partial charge in [-0.25, -0.2) is 0 Å². The number of aliphatic imine (C=N–C) groups is 1. The normalized spacial score (nSPS) is 21.7. The molecule has 1 heterocycles. The van der Waals surface area contributed by atoms with E-state index in [9.17, 15) is 4.39 Å². The van der Waals surface area contributed by atoms with Gasteiger partial charge in [-0.15, -0.1) is 24.0 Å². The highest BCUT2D eigenvalue weighted by Gasteiger charge is 2.28. The topological polar surface area (TPSA) is 27.6 Å². The third-order valence-electron chi connectivity index (χ3n) is 4.32. The molecule has 1 N–H and O–H groups in total. The molecule has 23 heavy (non-hydrogen) atoms. The lowest BCUT2D eigenvalue weighted by Crippen LogP contribution is -2.48. The average molecular weight is 433 g/mol. The van der Waals surface area contributed by atoms with E-state index in [4.69, 9.17) is 0 Å². The zero-order chi connectivity index (χ0) is 15.8. The van der Waals surface area contributed by atoms with Gasteiger partial charge < -0.3 is 10.2 Å². The monoisotopic (exact) mass is 433 g/mol. The predicted octanol–water partition coefficient (Wildman–Crippen LogP) is 4.06. The van der Waals surface area contributed by atoms with Gasteiger partial charge in [0.1, 0.15) is 0 Å². The van der Waals surface area contributed by atoms with E-state index in [-0.39, 0.29) is 30.7 Å².